The lowest BCUT2D eigenvalue weighted by molar-refractivity contribution is 0.660. The molecule has 3 N–H and O–H groups in total. The molecule has 15 heavy (non-hydrogen) atoms. The maximum atomic E-state index is 5.43. The molecule has 2 aromatic rings. The Bertz CT molecular complexity index is 432. The fourth-order valence-electron chi connectivity index (χ4n) is 1.16. The highest BCUT2D eigenvalue weighted by Gasteiger charge is 1.99. The molecule has 0 radical (unpaired) electrons. The van der Waals surface area contributed by atoms with Gasteiger partial charge in [-0.1, -0.05) is 0 Å². The van der Waals surface area contributed by atoms with Crippen molar-refractivity contribution in [3.8, 4) is 0 Å². The average molecular weight is 204 g/mol. The zero-order chi connectivity index (χ0) is 10.7. The molecule has 6 nitrogen and oxygen atoms in total. The van der Waals surface area contributed by atoms with Gasteiger partial charge in [0.1, 0.15) is 5.82 Å². The third-order valence-corrected chi connectivity index (χ3v) is 1.91. The maximum absolute atomic E-state index is 5.43. The molecule has 0 saturated heterocycles. The first-order valence-electron chi connectivity index (χ1n) is 4.66. The van der Waals surface area contributed by atoms with E-state index >= 15 is 0 Å². The molecule has 0 unspecified atom stereocenters. The largest absolute Gasteiger partial charge is 0.382 e. The first kappa shape index (κ1) is 9.45. The minimum atomic E-state index is 0.407. The number of hydrogen-bond acceptors (Lipinski definition) is 5. The molecule has 2 aromatic heterocycles. The molecule has 0 aliphatic heterocycles. The van der Waals surface area contributed by atoms with E-state index in [0.717, 1.165) is 12.2 Å². The average Bonchev–Trinajstić information content (AvgIpc) is 2.69. The van der Waals surface area contributed by atoms with Crippen LogP contribution in [0.2, 0.25) is 0 Å². The monoisotopic (exact) mass is 204 g/mol. The lowest BCUT2D eigenvalue weighted by atomic mass is 10.4. The first-order valence-corrected chi connectivity index (χ1v) is 4.66. The van der Waals surface area contributed by atoms with Crippen LogP contribution in [0.4, 0.5) is 17.3 Å². The van der Waals surface area contributed by atoms with Gasteiger partial charge in [0, 0.05) is 12.7 Å². The van der Waals surface area contributed by atoms with E-state index in [2.05, 4.69) is 20.6 Å². The highest BCUT2D eigenvalue weighted by Crippen LogP contribution is 2.12. The van der Waals surface area contributed by atoms with Gasteiger partial charge in [0.15, 0.2) is 5.82 Å². The molecule has 0 aromatic carbocycles. The van der Waals surface area contributed by atoms with Crippen molar-refractivity contribution in [1.82, 2.24) is 20.0 Å². The maximum Gasteiger partial charge on any atom is 0.153 e. The van der Waals surface area contributed by atoms with Gasteiger partial charge < -0.3 is 11.1 Å². The van der Waals surface area contributed by atoms with Crippen molar-refractivity contribution in [2.45, 2.75) is 13.5 Å². The fourth-order valence-corrected chi connectivity index (χ4v) is 1.16. The molecule has 2 rings (SSSR count). The number of hydrogen-bond donors (Lipinski definition) is 2. The number of nitrogens with two attached hydrogens (primary N) is 1. The van der Waals surface area contributed by atoms with Crippen LogP contribution in [0.1, 0.15) is 6.92 Å². The number of aromatic nitrogens is 4. The predicted octanol–water partition coefficient (Wildman–Crippen LogP) is 1.02. The second-order valence-electron chi connectivity index (χ2n) is 3.05. The van der Waals surface area contributed by atoms with Crippen LogP contribution in [0.25, 0.3) is 0 Å². The van der Waals surface area contributed by atoms with Crippen LogP contribution < -0.4 is 11.1 Å². The molecule has 0 aliphatic carbocycles. The summed E-state index contributed by atoms with van der Waals surface area (Å²) in [6, 6.07) is 3.46. The molecule has 2 heterocycles. The highest BCUT2D eigenvalue weighted by atomic mass is 15.3. The second kappa shape index (κ2) is 3.95. The Hall–Kier alpha value is -2.11. The van der Waals surface area contributed by atoms with Gasteiger partial charge in [0.05, 0.1) is 11.9 Å². The van der Waals surface area contributed by atoms with Crippen molar-refractivity contribution < 1.29 is 0 Å². The number of nitrogen functional groups attached to an aromatic ring is 1. The Labute approximate surface area is 87.1 Å². The number of nitrogens with one attached hydrogen (secondary N) is 1. The first-order chi connectivity index (χ1) is 7.28. The minimum Gasteiger partial charge on any atom is -0.382 e. The molecule has 0 bridgehead atoms. The fraction of sp³-hybridized carbons (Fsp3) is 0.222. The van der Waals surface area contributed by atoms with Crippen LogP contribution in [-0.2, 0) is 6.54 Å². The number of aryl methyl sites for hydroxylation is 1. The van der Waals surface area contributed by atoms with Gasteiger partial charge in [-0.3, -0.25) is 4.68 Å². The quantitative estimate of drug-likeness (QED) is 0.780. The summed E-state index contributed by atoms with van der Waals surface area (Å²) in [5, 5.41) is 14.8. The lowest BCUT2D eigenvalue weighted by Gasteiger charge is -2.00. The van der Waals surface area contributed by atoms with Crippen molar-refractivity contribution in [1.29, 1.82) is 0 Å². The Kier molecular flexibility index (Phi) is 2.49. The van der Waals surface area contributed by atoms with E-state index in [9.17, 15) is 0 Å². The Morgan fingerprint density at radius 2 is 2.27 bits per heavy atom. The summed E-state index contributed by atoms with van der Waals surface area (Å²) < 4.78 is 1.83. The van der Waals surface area contributed by atoms with Crippen molar-refractivity contribution in [3.05, 3.63) is 24.5 Å². The number of rotatable bonds is 3. The van der Waals surface area contributed by atoms with Gasteiger partial charge in [-0.2, -0.15) is 5.10 Å². The van der Waals surface area contributed by atoms with E-state index in [1.165, 1.54) is 0 Å². The van der Waals surface area contributed by atoms with Gasteiger partial charge in [-0.25, -0.2) is 0 Å². The standard InChI is InChI=1S/C9H12N6/c1-2-15-6-7(5-11-15)12-9-4-3-8(10)13-14-9/h3-6H,2H2,1H3,(H2,10,13)(H,12,14). The highest BCUT2D eigenvalue weighted by molar-refractivity contribution is 5.54. The van der Waals surface area contributed by atoms with E-state index in [4.69, 9.17) is 5.73 Å². The lowest BCUT2D eigenvalue weighted by Crippen LogP contribution is -1.97. The van der Waals surface area contributed by atoms with E-state index < -0.39 is 0 Å². The summed E-state index contributed by atoms with van der Waals surface area (Å²) in [6.07, 6.45) is 3.64. The van der Waals surface area contributed by atoms with Gasteiger partial charge in [0.25, 0.3) is 0 Å². The van der Waals surface area contributed by atoms with Gasteiger partial charge in [-0.05, 0) is 19.1 Å². The third-order valence-electron chi connectivity index (χ3n) is 1.91. The van der Waals surface area contributed by atoms with Crippen molar-refractivity contribution in [2.24, 2.45) is 0 Å². The van der Waals surface area contributed by atoms with Gasteiger partial charge in [-0.15, -0.1) is 10.2 Å². The number of nitrogens with zero attached hydrogens (tertiary/aromatic N) is 4. The van der Waals surface area contributed by atoms with E-state index in [-0.39, 0.29) is 0 Å². The summed E-state index contributed by atoms with van der Waals surface area (Å²) in [7, 11) is 0. The topological polar surface area (TPSA) is 81.7 Å². The molecule has 0 spiro atoms. The van der Waals surface area contributed by atoms with Crippen molar-refractivity contribution in [3.63, 3.8) is 0 Å². The van der Waals surface area contributed by atoms with E-state index in [1.807, 2.05) is 17.8 Å². The summed E-state index contributed by atoms with van der Waals surface area (Å²) in [5.41, 5.74) is 6.31. The van der Waals surface area contributed by atoms with Gasteiger partial charge in [0.2, 0.25) is 0 Å². The van der Waals surface area contributed by atoms with Crippen LogP contribution in [0, 0.1) is 0 Å². The molecule has 78 valence electrons. The molecule has 0 fully saturated rings. The molecular weight excluding hydrogens is 192 g/mol. The Balaban J connectivity index is 2.11. The van der Waals surface area contributed by atoms with Crippen molar-refractivity contribution >= 4 is 17.3 Å². The Morgan fingerprint density at radius 3 is 2.87 bits per heavy atom. The normalized spacial score (nSPS) is 10.2. The zero-order valence-corrected chi connectivity index (χ0v) is 8.38. The van der Waals surface area contributed by atoms with E-state index in [1.54, 1.807) is 18.3 Å². The van der Waals surface area contributed by atoms with Crippen LogP contribution >= 0.6 is 0 Å². The van der Waals surface area contributed by atoms with E-state index in [0.29, 0.717) is 11.6 Å². The van der Waals surface area contributed by atoms with Crippen LogP contribution in [0.5, 0.6) is 0 Å². The van der Waals surface area contributed by atoms with Crippen LogP contribution in [0.3, 0.4) is 0 Å². The SMILES string of the molecule is CCn1cc(Nc2ccc(N)nn2)cn1. The molecule has 0 aliphatic rings. The molecule has 0 atom stereocenters. The summed E-state index contributed by atoms with van der Waals surface area (Å²) >= 11 is 0. The molecule has 6 heteroatoms. The van der Waals surface area contributed by atoms with Crippen LogP contribution in [-0.4, -0.2) is 20.0 Å². The smallest absolute Gasteiger partial charge is 0.153 e. The summed E-state index contributed by atoms with van der Waals surface area (Å²) in [6.45, 7) is 2.87. The number of anilines is 3. The van der Waals surface area contributed by atoms with Crippen molar-refractivity contribution in [2.75, 3.05) is 11.1 Å². The predicted molar refractivity (Wildman–Crippen MR) is 57.6 cm³/mol. The summed E-state index contributed by atoms with van der Waals surface area (Å²) in [5.74, 6) is 1.06. The minimum absolute atomic E-state index is 0.407. The summed E-state index contributed by atoms with van der Waals surface area (Å²) in [4.78, 5) is 0. The molecule has 0 saturated carbocycles. The second-order valence-corrected chi connectivity index (χ2v) is 3.05. The molecular formula is C9H12N6. The van der Waals surface area contributed by atoms with Crippen LogP contribution in [0.15, 0.2) is 24.5 Å². The zero-order valence-electron chi connectivity index (χ0n) is 8.38. The molecule has 0 amide bonds. The Morgan fingerprint density at radius 1 is 1.40 bits per heavy atom. The van der Waals surface area contributed by atoms with Gasteiger partial charge >= 0.3 is 0 Å². The third kappa shape index (κ3) is 2.22.